The summed E-state index contributed by atoms with van der Waals surface area (Å²) in [6.45, 7) is 2.30. The van der Waals surface area contributed by atoms with Crippen LogP contribution in [0.2, 0.25) is 5.28 Å². The van der Waals surface area contributed by atoms with E-state index < -0.39 is 0 Å². The van der Waals surface area contributed by atoms with E-state index in [1.54, 1.807) is 24.3 Å². The van der Waals surface area contributed by atoms with Gasteiger partial charge in [0.2, 0.25) is 5.28 Å². The number of hydrogen-bond donors (Lipinski definition) is 1. The Labute approximate surface area is 121 Å². The second kappa shape index (κ2) is 7.02. The first-order valence-electron chi connectivity index (χ1n) is 6.14. The second-order valence-corrected chi connectivity index (χ2v) is 4.22. The molecule has 1 N–H and O–H groups in total. The van der Waals surface area contributed by atoms with Crippen LogP contribution in [0.1, 0.15) is 18.9 Å². The fourth-order valence-corrected chi connectivity index (χ4v) is 1.60. The molecule has 0 bridgehead atoms. The highest BCUT2D eigenvalue weighted by atomic mass is 35.5. The van der Waals surface area contributed by atoms with Gasteiger partial charge in [-0.2, -0.15) is 9.97 Å². The molecule has 106 valence electrons. The Morgan fingerprint density at radius 1 is 1.15 bits per heavy atom. The SMILES string of the molecule is CCCOc1nc(Cl)nc(Oc2ccccc2CO)n1. The molecule has 7 heteroatoms. The van der Waals surface area contributed by atoms with Crippen LogP contribution in [0.3, 0.4) is 0 Å². The number of rotatable bonds is 6. The van der Waals surface area contributed by atoms with Crippen molar-refractivity contribution in [1.82, 2.24) is 15.0 Å². The molecule has 1 aromatic heterocycles. The lowest BCUT2D eigenvalue weighted by Crippen LogP contribution is -2.03. The van der Waals surface area contributed by atoms with Crippen molar-refractivity contribution in [2.24, 2.45) is 0 Å². The summed E-state index contributed by atoms with van der Waals surface area (Å²) >= 11 is 5.80. The van der Waals surface area contributed by atoms with Gasteiger partial charge in [0.15, 0.2) is 0 Å². The predicted molar refractivity (Wildman–Crippen MR) is 73.1 cm³/mol. The Bertz CT molecular complexity index is 581. The van der Waals surface area contributed by atoms with Crippen molar-refractivity contribution >= 4 is 11.6 Å². The number of halogens is 1. The third-order valence-corrected chi connectivity index (χ3v) is 2.52. The quantitative estimate of drug-likeness (QED) is 0.882. The fourth-order valence-electron chi connectivity index (χ4n) is 1.45. The molecule has 2 rings (SSSR count). The standard InChI is InChI=1S/C13H14ClN3O3/c1-2-7-19-12-15-11(14)16-13(17-12)20-10-6-4-3-5-9(10)8-18/h3-6,18H,2,7-8H2,1H3. The van der Waals surface area contributed by atoms with E-state index in [-0.39, 0.29) is 23.9 Å². The van der Waals surface area contributed by atoms with Gasteiger partial charge in [-0.1, -0.05) is 25.1 Å². The number of benzene rings is 1. The van der Waals surface area contributed by atoms with E-state index in [2.05, 4.69) is 15.0 Å². The van der Waals surface area contributed by atoms with Crippen LogP contribution in [0.4, 0.5) is 0 Å². The van der Waals surface area contributed by atoms with Gasteiger partial charge in [-0.3, -0.25) is 0 Å². The fraction of sp³-hybridized carbons (Fsp3) is 0.308. The van der Waals surface area contributed by atoms with Crippen LogP contribution in [0.25, 0.3) is 0 Å². The predicted octanol–water partition coefficient (Wildman–Crippen LogP) is 2.60. The summed E-state index contributed by atoms with van der Waals surface area (Å²) in [5.41, 5.74) is 0.625. The van der Waals surface area contributed by atoms with Crippen molar-refractivity contribution in [2.75, 3.05) is 6.61 Å². The Hall–Kier alpha value is -1.92. The van der Waals surface area contributed by atoms with E-state index in [0.29, 0.717) is 17.9 Å². The summed E-state index contributed by atoms with van der Waals surface area (Å²) in [6.07, 6.45) is 0.826. The molecule has 0 spiro atoms. The molecular weight excluding hydrogens is 282 g/mol. The van der Waals surface area contributed by atoms with Gasteiger partial charge in [0.05, 0.1) is 13.2 Å². The molecule has 2 aromatic rings. The van der Waals surface area contributed by atoms with Crippen LogP contribution in [0, 0.1) is 0 Å². The second-order valence-electron chi connectivity index (χ2n) is 3.89. The van der Waals surface area contributed by atoms with Crippen LogP contribution >= 0.6 is 11.6 Å². The van der Waals surface area contributed by atoms with Gasteiger partial charge < -0.3 is 14.6 Å². The number of ether oxygens (including phenoxy) is 2. The van der Waals surface area contributed by atoms with Gasteiger partial charge in [0.1, 0.15) is 5.75 Å². The third-order valence-electron chi connectivity index (χ3n) is 2.35. The number of nitrogens with zero attached hydrogens (tertiary/aromatic N) is 3. The topological polar surface area (TPSA) is 77.4 Å². The van der Waals surface area contributed by atoms with Crippen LogP contribution in [-0.4, -0.2) is 26.7 Å². The smallest absolute Gasteiger partial charge is 0.329 e. The summed E-state index contributed by atoms with van der Waals surface area (Å²) in [6, 6.07) is 7.17. The molecule has 0 saturated carbocycles. The van der Waals surface area contributed by atoms with E-state index in [4.69, 9.17) is 21.1 Å². The molecule has 0 atom stereocenters. The monoisotopic (exact) mass is 295 g/mol. The van der Waals surface area contributed by atoms with E-state index in [1.165, 1.54) is 0 Å². The summed E-state index contributed by atoms with van der Waals surface area (Å²) in [5.74, 6) is 0.457. The molecule has 0 radical (unpaired) electrons. The molecule has 0 saturated heterocycles. The lowest BCUT2D eigenvalue weighted by atomic mass is 10.2. The summed E-state index contributed by atoms with van der Waals surface area (Å²) in [7, 11) is 0. The maximum Gasteiger partial charge on any atom is 0.329 e. The number of hydrogen-bond acceptors (Lipinski definition) is 6. The minimum Gasteiger partial charge on any atom is -0.463 e. The largest absolute Gasteiger partial charge is 0.463 e. The highest BCUT2D eigenvalue weighted by Crippen LogP contribution is 2.24. The van der Waals surface area contributed by atoms with E-state index in [9.17, 15) is 5.11 Å². The molecule has 0 fully saturated rings. The molecule has 20 heavy (non-hydrogen) atoms. The van der Waals surface area contributed by atoms with Gasteiger partial charge in [-0.05, 0) is 24.1 Å². The van der Waals surface area contributed by atoms with Crippen LogP contribution in [0.5, 0.6) is 17.8 Å². The lowest BCUT2D eigenvalue weighted by Gasteiger charge is -2.09. The molecule has 0 aliphatic rings. The Morgan fingerprint density at radius 3 is 2.65 bits per heavy atom. The summed E-state index contributed by atoms with van der Waals surface area (Å²) in [5, 5.41) is 9.23. The number of aliphatic hydroxyl groups is 1. The summed E-state index contributed by atoms with van der Waals surface area (Å²) < 4.78 is 10.8. The van der Waals surface area contributed by atoms with Crippen molar-refractivity contribution in [2.45, 2.75) is 20.0 Å². The van der Waals surface area contributed by atoms with Gasteiger partial charge in [-0.15, -0.1) is 4.98 Å². The zero-order chi connectivity index (χ0) is 14.4. The Morgan fingerprint density at radius 2 is 1.90 bits per heavy atom. The van der Waals surface area contributed by atoms with Gasteiger partial charge >= 0.3 is 12.0 Å². The lowest BCUT2D eigenvalue weighted by molar-refractivity contribution is 0.272. The maximum absolute atomic E-state index is 9.24. The highest BCUT2D eigenvalue weighted by molar-refractivity contribution is 6.28. The van der Waals surface area contributed by atoms with Crippen molar-refractivity contribution in [3.63, 3.8) is 0 Å². The Balaban J connectivity index is 2.22. The first kappa shape index (κ1) is 14.5. The first-order chi connectivity index (χ1) is 9.72. The van der Waals surface area contributed by atoms with Crippen LogP contribution < -0.4 is 9.47 Å². The average molecular weight is 296 g/mol. The molecule has 0 aliphatic carbocycles. The average Bonchev–Trinajstić information content (AvgIpc) is 2.45. The molecule has 0 aliphatic heterocycles. The van der Waals surface area contributed by atoms with Crippen LogP contribution in [-0.2, 0) is 6.61 Å². The molecule has 0 unspecified atom stereocenters. The van der Waals surface area contributed by atoms with Crippen molar-refractivity contribution < 1.29 is 14.6 Å². The number of aliphatic hydroxyl groups excluding tert-OH is 1. The van der Waals surface area contributed by atoms with Gasteiger partial charge in [0, 0.05) is 5.56 Å². The molecular formula is C13H14ClN3O3. The van der Waals surface area contributed by atoms with Crippen molar-refractivity contribution in [3.05, 3.63) is 35.1 Å². The van der Waals surface area contributed by atoms with Crippen molar-refractivity contribution in [3.8, 4) is 17.8 Å². The Kier molecular flexibility index (Phi) is 5.09. The highest BCUT2D eigenvalue weighted by Gasteiger charge is 2.10. The number of para-hydroxylation sites is 1. The zero-order valence-corrected chi connectivity index (χ0v) is 11.7. The van der Waals surface area contributed by atoms with E-state index in [1.807, 2.05) is 6.92 Å². The maximum atomic E-state index is 9.24. The minimum atomic E-state index is -0.145. The molecule has 1 aromatic carbocycles. The normalized spacial score (nSPS) is 10.3. The third kappa shape index (κ3) is 3.79. The van der Waals surface area contributed by atoms with E-state index in [0.717, 1.165) is 6.42 Å². The zero-order valence-electron chi connectivity index (χ0n) is 10.9. The minimum absolute atomic E-state index is 0.0115. The molecule has 0 amide bonds. The molecule has 6 nitrogen and oxygen atoms in total. The first-order valence-corrected chi connectivity index (χ1v) is 6.51. The van der Waals surface area contributed by atoms with Crippen molar-refractivity contribution in [1.29, 1.82) is 0 Å². The molecule has 1 heterocycles. The summed E-state index contributed by atoms with van der Waals surface area (Å²) in [4.78, 5) is 11.7. The number of aromatic nitrogens is 3. The van der Waals surface area contributed by atoms with Crippen LogP contribution in [0.15, 0.2) is 24.3 Å². The van der Waals surface area contributed by atoms with E-state index >= 15 is 0 Å². The van der Waals surface area contributed by atoms with Gasteiger partial charge in [-0.25, -0.2) is 0 Å². The van der Waals surface area contributed by atoms with Gasteiger partial charge in [0.25, 0.3) is 0 Å².